The molecule has 0 saturated carbocycles. The van der Waals surface area contributed by atoms with Gasteiger partial charge in [-0.2, -0.15) is 4.67 Å². The van der Waals surface area contributed by atoms with Crippen molar-refractivity contribution in [2.75, 3.05) is 17.8 Å². The van der Waals surface area contributed by atoms with E-state index < -0.39 is 16.3 Å². The van der Waals surface area contributed by atoms with Crippen LogP contribution in [0.3, 0.4) is 0 Å². The molecule has 0 bridgehead atoms. The number of hydrogen-bond acceptors (Lipinski definition) is 4. The van der Waals surface area contributed by atoms with Crippen molar-refractivity contribution in [1.29, 1.82) is 0 Å². The SMILES string of the molecule is c1ccc(P(OCC2CCCN2p2oc3ccc4ccccc4c3c3c(ccc4ccccc43)o2)c2ccccc2)cc1. The molecule has 6 aromatic carbocycles. The standard InChI is InChI=1S/C37H31NO3P2/c1-3-15-30(16-4-1)42(31-17-5-2-6-18-31)39-26-29-14-11-25-38(29)43-40-34-23-21-27-12-7-9-19-32(27)36(34)37-33-20-10-8-13-28(33)22-24-35(37)41-43/h1-10,12-13,15-24,29H,11,14,25-26H2. The van der Waals surface area contributed by atoms with Gasteiger partial charge in [0, 0.05) is 34.0 Å². The van der Waals surface area contributed by atoms with Gasteiger partial charge in [-0.15, -0.1) is 0 Å². The lowest BCUT2D eigenvalue weighted by molar-refractivity contribution is 0.327. The van der Waals surface area contributed by atoms with Crippen LogP contribution in [-0.4, -0.2) is 19.2 Å². The van der Waals surface area contributed by atoms with Crippen LogP contribution in [-0.2, 0) is 4.52 Å². The number of fused-ring (bicyclic) bond motifs is 7. The first-order valence-corrected chi connectivity index (χ1v) is 17.2. The molecule has 0 amide bonds. The summed E-state index contributed by atoms with van der Waals surface area (Å²) < 4.78 is 23.1. The summed E-state index contributed by atoms with van der Waals surface area (Å²) in [6.45, 7) is 1.54. The van der Waals surface area contributed by atoms with Crippen LogP contribution in [0.15, 0.2) is 142 Å². The fraction of sp³-hybridized carbons (Fsp3) is 0.135. The second-order valence-electron chi connectivity index (χ2n) is 11.0. The van der Waals surface area contributed by atoms with Crippen molar-refractivity contribution < 1.29 is 12.9 Å². The third-order valence-electron chi connectivity index (χ3n) is 8.32. The Morgan fingerprint density at radius 3 is 1.70 bits per heavy atom. The molecule has 0 N–H and O–H groups in total. The first-order chi connectivity index (χ1) is 21.3. The quantitative estimate of drug-likeness (QED) is 0.178. The lowest BCUT2D eigenvalue weighted by atomic mass is 9.99. The Kier molecular flexibility index (Phi) is 7.23. The first kappa shape index (κ1) is 26.7. The minimum Gasteiger partial charge on any atom is -0.408 e. The number of rotatable bonds is 6. The smallest absolute Gasteiger partial charge is 0.310 e. The Morgan fingerprint density at radius 1 is 0.628 bits per heavy atom. The van der Waals surface area contributed by atoms with E-state index >= 15 is 0 Å². The van der Waals surface area contributed by atoms with E-state index in [-0.39, 0.29) is 6.04 Å². The van der Waals surface area contributed by atoms with Gasteiger partial charge in [0.15, 0.2) is 0 Å². The number of hydrogen-bond donors (Lipinski definition) is 0. The lowest BCUT2D eigenvalue weighted by Gasteiger charge is -2.24. The molecule has 1 saturated heterocycles. The van der Waals surface area contributed by atoms with Gasteiger partial charge in [0.25, 0.3) is 0 Å². The minimum atomic E-state index is -1.40. The van der Waals surface area contributed by atoms with Gasteiger partial charge in [-0.1, -0.05) is 121 Å². The Hall–Kier alpha value is -3.91. The van der Waals surface area contributed by atoms with E-state index in [2.05, 4.69) is 138 Å². The van der Waals surface area contributed by atoms with E-state index in [1.165, 1.54) is 32.2 Å². The van der Waals surface area contributed by atoms with Gasteiger partial charge in [-0.05, 0) is 46.5 Å². The molecule has 4 nitrogen and oxygen atoms in total. The Bertz CT molecular complexity index is 1960. The predicted molar refractivity (Wildman–Crippen MR) is 182 cm³/mol. The highest BCUT2D eigenvalue weighted by atomic mass is 31.1. The Balaban J connectivity index is 1.24. The molecule has 1 fully saturated rings. The highest BCUT2D eigenvalue weighted by molar-refractivity contribution is 7.68. The maximum Gasteiger partial charge on any atom is 0.310 e. The summed E-state index contributed by atoms with van der Waals surface area (Å²) in [7, 11) is -2.34. The van der Waals surface area contributed by atoms with Gasteiger partial charge >= 0.3 is 8.16 Å². The van der Waals surface area contributed by atoms with E-state index in [9.17, 15) is 0 Å². The summed E-state index contributed by atoms with van der Waals surface area (Å²) in [5.41, 5.74) is 1.75. The molecule has 0 radical (unpaired) electrons. The Labute approximate surface area is 252 Å². The molecule has 1 aliphatic rings. The highest BCUT2D eigenvalue weighted by Gasteiger charge is 2.31. The fourth-order valence-corrected chi connectivity index (χ4v) is 9.70. The van der Waals surface area contributed by atoms with Crippen LogP contribution in [0, 0.1) is 0 Å². The summed E-state index contributed by atoms with van der Waals surface area (Å²) in [5, 5.41) is 9.41. The average molecular weight is 600 g/mol. The topological polar surface area (TPSA) is 38.8 Å². The molecule has 1 atom stereocenters. The highest BCUT2D eigenvalue weighted by Crippen LogP contribution is 2.45. The molecule has 1 aliphatic heterocycles. The van der Waals surface area contributed by atoms with Crippen molar-refractivity contribution in [3.05, 3.63) is 133 Å². The zero-order valence-electron chi connectivity index (χ0n) is 23.7. The van der Waals surface area contributed by atoms with Gasteiger partial charge in [0.2, 0.25) is 0 Å². The molecule has 1 aromatic heterocycles. The monoisotopic (exact) mass is 599 g/mol. The largest absolute Gasteiger partial charge is 0.408 e. The van der Waals surface area contributed by atoms with Crippen molar-refractivity contribution in [1.82, 2.24) is 0 Å². The van der Waals surface area contributed by atoms with E-state index in [0.29, 0.717) is 6.61 Å². The van der Waals surface area contributed by atoms with E-state index in [1.54, 1.807) is 0 Å². The molecule has 0 spiro atoms. The fourth-order valence-electron chi connectivity index (χ4n) is 6.25. The number of nitrogens with zero attached hydrogens (tertiary/aromatic N) is 1. The molecule has 43 heavy (non-hydrogen) atoms. The molecule has 212 valence electrons. The van der Waals surface area contributed by atoms with Crippen LogP contribution in [0.25, 0.3) is 43.5 Å². The summed E-state index contributed by atoms with van der Waals surface area (Å²) in [5.74, 6) is 0. The van der Waals surface area contributed by atoms with Crippen molar-refractivity contribution in [3.8, 4) is 0 Å². The van der Waals surface area contributed by atoms with Gasteiger partial charge in [0.05, 0.1) is 14.8 Å². The van der Waals surface area contributed by atoms with Crippen LogP contribution < -0.4 is 15.3 Å². The van der Waals surface area contributed by atoms with Gasteiger partial charge in [0.1, 0.15) is 11.2 Å². The third kappa shape index (κ3) is 5.05. The molecule has 1 unspecified atom stereocenters. The van der Waals surface area contributed by atoms with E-state index in [4.69, 9.17) is 12.9 Å². The molecule has 2 heterocycles. The molecule has 0 aliphatic carbocycles. The molecule has 7 aromatic rings. The first-order valence-electron chi connectivity index (χ1n) is 14.8. The van der Waals surface area contributed by atoms with Crippen molar-refractivity contribution in [2.24, 2.45) is 0 Å². The average Bonchev–Trinajstić information content (AvgIpc) is 3.46. The maximum absolute atomic E-state index is 6.90. The van der Waals surface area contributed by atoms with Crippen LogP contribution in [0.2, 0.25) is 0 Å². The molecular weight excluding hydrogens is 568 g/mol. The Morgan fingerprint density at radius 2 is 1.14 bits per heavy atom. The van der Waals surface area contributed by atoms with Crippen molar-refractivity contribution in [3.63, 3.8) is 0 Å². The lowest BCUT2D eigenvalue weighted by Crippen LogP contribution is -2.31. The van der Waals surface area contributed by atoms with E-state index in [1.807, 2.05) is 0 Å². The van der Waals surface area contributed by atoms with Crippen LogP contribution in [0.5, 0.6) is 0 Å². The van der Waals surface area contributed by atoms with Crippen LogP contribution in [0.4, 0.5) is 0 Å². The predicted octanol–water partition coefficient (Wildman–Crippen LogP) is 9.76. The minimum absolute atomic E-state index is 0.203. The second kappa shape index (κ2) is 11.6. The zero-order chi connectivity index (χ0) is 28.6. The van der Waals surface area contributed by atoms with Crippen LogP contribution in [0.1, 0.15) is 12.8 Å². The van der Waals surface area contributed by atoms with E-state index in [0.717, 1.165) is 41.3 Å². The summed E-state index contributed by atoms with van der Waals surface area (Å²) in [6, 6.07) is 47.1. The van der Waals surface area contributed by atoms with Crippen LogP contribution >= 0.6 is 16.3 Å². The third-order valence-corrected chi connectivity index (χ3v) is 11.9. The normalized spacial score (nSPS) is 15.7. The van der Waals surface area contributed by atoms with Gasteiger partial charge in [-0.3, -0.25) is 0 Å². The number of benzene rings is 6. The van der Waals surface area contributed by atoms with Gasteiger partial charge in [-0.25, -0.2) is 0 Å². The second-order valence-corrected chi connectivity index (χ2v) is 14.2. The molecule has 8 rings (SSSR count). The summed E-state index contributed by atoms with van der Waals surface area (Å²) in [6.07, 6.45) is 2.14. The molecule has 6 heteroatoms. The molecular formula is C37H31NO3P2. The maximum atomic E-state index is 6.90. The van der Waals surface area contributed by atoms with Gasteiger partial charge < -0.3 is 12.9 Å². The van der Waals surface area contributed by atoms with Crippen molar-refractivity contribution in [2.45, 2.75) is 18.9 Å². The summed E-state index contributed by atoms with van der Waals surface area (Å²) >= 11 is 0. The summed E-state index contributed by atoms with van der Waals surface area (Å²) in [4.78, 5) is 0. The zero-order valence-corrected chi connectivity index (χ0v) is 25.5. The van der Waals surface area contributed by atoms with Crippen molar-refractivity contribution >= 4 is 70.4 Å².